The molecule has 0 unspecified atom stereocenters. The van der Waals surface area contributed by atoms with Crippen LogP contribution in [0.1, 0.15) is 17.3 Å². The van der Waals surface area contributed by atoms with Gasteiger partial charge in [0.1, 0.15) is 0 Å². The average molecular weight is 203 g/mol. The molecule has 0 fully saturated rings. The van der Waals surface area contributed by atoms with Crippen molar-refractivity contribution >= 4 is 29.0 Å². The van der Waals surface area contributed by atoms with Gasteiger partial charge in [0.2, 0.25) is 0 Å². The minimum Gasteiger partial charge on any atom is -0.293 e. The molecular formula is C9H8Cl2O. The van der Waals surface area contributed by atoms with E-state index in [4.69, 9.17) is 23.2 Å². The molecular weight excluding hydrogens is 195 g/mol. The number of benzene rings is 1. The van der Waals surface area contributed by atoms with Crippen LogP contribution < -0.4 is 0 Å². The van der Waals surface area contributed by atoms with Crippen molar-refractivity contribution in [2.45, 2.75) is 12.3 Å². The van der Waals surface area contributed by atoms with Crippen LogP contribution in [-0.4, -0.2) is 11.2 Å². The van der Waals surface area contributed by atoms with Gasteiger partial charge < -0.3 is 0 Å². The highest BCUT2D eigenvalue weighted by atomic mass is 35.5. The zero-order valence-electron chi connectivity index (χ0n) is 6.55. The van der Waals surface area contributed by atoms with Gasteiger partial charge in [-0.05, 0) is 19.1 Å². The van der Waals surface area contributed by atoms with E-state index in [1.165, 1.54) is 0 Å². The predicted octanol–water partition coefficient (Wildman–Crippen LogP) is 3.15. The normalized spacial score (nSPS) is 12.6. The molecule has 0 aliphatic rings. The molecule has 1 nitrogen and oxygen atoms in total. The third-order valence-corrected chi connectivity index (χ3v) is 1.90. The third-order valence-electron chi connectivity index (χ3n) is 1.47. The molecule has 64 valence electrons. The standard InChI is InChI=1S/C9H8Cl2O/c1-6(10)9(12)7-3-2-4-8(11)5-7/h2-6H,1H3/t6-/m1/s1. The van der Waals surface area contributed by atoms with Gasteiger partial charge >= 0.3 is 0 Å². The SMILES string of the molecule is C[C@@H](Cl)C(=O)c1cccc(Cl)c1. The van der Waals surface area contributed by atoms with Crippen LogP contribution in [0.3, 0.4) is 0 Å². The molecule has 0 saturated carbocycles. The van der Waals surface area contributed by atoms with Crippen LogP contribution in [0.5, 0.6) is 0 Å². The molecule has 0 radical (unpaired) electrons. The highest BCUT2D eigenvalue weighted by Gasteiger charge is 2.11. The van der Waals surface area contributed by atoms with Gasteiger partial charge in [-0.1, -0.05) is 23.7 Å². The first-order valence-electron chi connectivity index (χ1n) is 3.55. The summed E-state index contributed by atoms with van der Waals surface area (Å²) in [7, 11) is 0. The van der Waals surface area contributed by atoms with Crippen LogP contribution in [-0.2, 0) is 0 Å². The van der Waals surface area contributed by atoms with E-state index in [0.29, 0.717) is 10.6 Å². The second kappa shape index (κ2) is 3.92. The molecule has 0 aliphatic carbocycles. The highest BCUT2D eigenvalue weighted by Crippen LogP contribution is 2.13. The van der Waals surface area contributed by atoms with E-state index in [-0.39, 0.29) is 5.78 Å². The Morgan fingerprint density at radius 1 is 1.50 bits per heavy atom. The smallest absolute Gasteiger partial charge is 0.180 e. The Labute approximate surface area is 81.3 Å². The second-order valence-electron chi connectivity index (χ2n) is 2.49. The number of rotatable bonds is 2. The molecule has 0 aromatic heterocycles. The fourth-order valence-electron chi connectivity index (χ4n) is 0.871. The summed E-state index contributed by atoms with van der Waals surface area (Å²) in [5, 5.41) is 0.0571. The summed E-state index contributed by atoms with van der Waals surface area (Å²) in [6.07, 6.45) is 0. The molecule has 12 heavy (non-hydrogen) atoms. The molecule has 1 aromatic carbocycles. The second-order valence-corrected chi connectivity index (χ2v) is 3.58. The Hall–Kier alpha value is -0.530. The summed E-state index contributed by atoms with van der Waals surface area (Å²) in [6.45, 7) is 1.64. The van der Waals surface area contributed by atoms with Crippen LogP contribution >= 0.6 is 23.2 Å². The highest BCUT2D eigenvalue weighted by molar-refractivity contribution is 6.34. The van der Waals surface area contributed by atoms with Crippen molar-refractivity contribution in [2.75, 3.05) is 0 Å². The van der Waals surface area contributed by atoms with E-state index < -0.39 is 5.38 Å². The predicted molar refractivity (Wildman–Crippen MR) is 51.1 cm³/mol. The van der Waals surface area contributed by atoms with Gasteiger partial charge in [0, 0.05) is 10.6 Å². The summed E-state index contributed by atoms with van der Waals surface area (Å²) in [6, 6.07) is 6.77. The minimum atomic E-state index is -0.497. The van der Waals surface area contributed by atoms with Crippen LogP contribution in [0, 0.1) is 0 Å². The number of carbonyl (C=O) groups is 1. The zero-order valence-corrected chi connectivity index (χ0v) is 8.06. The quantitative estimate of drug-likeness (QED) is 0.533. The lowest BCUT2D eigenvalue weighted by molar-refractivity contribution is 0.0992. The van der Waals surface area contributed by atoms with Crippen molar-refractivity contribution < 1.29 is 4.79 Å². The Morgan fingerprint density at radius 3 is 2.67 bits per heavy atom. The van der Waals surface area contributed by atoms with Crippen molar-refractivity contribution in [3.63, 3.8) is 0 Å². The first-order chi connectivity index (χ1) is 5.61. The lowest BCUT2D eigenvalue weighted by Crippen LogP contribution is -2.09. The molecule has 0 saturated heterocycles. The van der Waals surface area contributed by atoms with E-state index in [1.54, 1.807) is 31.2 Å². The van der Waals surface area contributed by atoms with Crippen LogP contribution in [0.4, 0.5) is 0 Å². The molecule has 0 spiro atoms. The Kier molecular flexibility index (Phi) is 3.12. The lowest BCUT2D eigenvalue weighted by atomic mass is 10.1. The van der Waals surface area contributed by atoms with Gasteiger partial charge in [-0.3, -0.25) is 4.79 Å². The number of hydrogen-bond acceptors (Lipinski definition) is 1. The average Bonchev–Trinajstić information content (AvgIpc) is 2.03. The zero-order chi connectivity index (χ0) is 9.14. The lowest BCUT2D eigenvalue weighted by Gasteiger charge is -2.01. The monoisotopic (exact) mass is 202 g/mol. The summed E-state index contributed by atoms with van der Waals surface area (Å²) >= 11 is 11.3. The van der Waals surface area contributed by atoms with Crippen molar-refractivity contribution in [2.24, 2.45) is 0 Å². The number of halogens is 2. The largest absolute Gasteiger partial charge is 0.293 e. The van der Waals surface area contributed by atoms with E-state index >= 15 is 0 Å². The first kappa shape index (κ1) is 9.56. The fraction of sp³-hybridized carbons (Fsp3) is 0.222. The maximum atomic E-state index is 11.3. The summed E-state index contributed by atoms with van der Waals surface area (Å²) in [4.78, 5) is 11.3. The van der Waals surface area contributed by atoms with E-state index in [0.717, 1.165) is 0 Å². The Morgan fingerprint density at radius 2 is 2.17 bits per heavy atom. The molecule has 0 aliphatic heterocycles. The maximum Gasteiger partial charge on any atom is 0.180 e. The number of carbonyl (C=O) groups excluding carboxylic acids is 1. The molecule has 1 atom stereocenters. The summed E-state index contributed by atoms with van der Waals surface area (Å²) in [5.41, 5.74) is 0.560. The van der Waals surface area contributed by atoms with Gasteiger partial charge in [0.25, 0.3) is 0 Å². The van der Waals surface area contributed by atoms with Gasteiger partial charge in [-0.2, -0.15) is 0 Å². The van der Waals surface area contributed by atoms with Crippen molar-refractivity contribution in [3.8, 4) is 0 Å². The van der Waals surface area contributed by atoms with E-state index in [2.05, 4.69) is 0 Å². The maximum absolute atomic E-state index is 11.3. The fourth-order valence-corrected chi connectivity index (χ4v) is 1.19. The van der Waals surface area contributed by atoms with Crippen molar-refractivity contribution in [1.29, 1.82) is 0 Å². The number of hydrogen-bond donors (Lipinski definition) is 0. The topological polar surface area (TPSA) is 17.1 Å². The molecule has 0 N–H and O–H groups in total. The Bertz CT molecular complexity index is 294. The molecule has 0 amide bonds. The van der Waals surface area contributed by atoms with Crippen molar-refractivity contribution in [3.05, 3.63) is 34.9 Å². The van der Waals surface area contributed by atoms with E-state index in [9.17, 15) is 4.79 Å². The van der Waals surface area contributed by atoms with Crippen LogP contribution in [0.15, 0.2) is 24.3 Å². The Balaban J connectivity index is 2.96. The van der Waals surface area contributed by atoms with Gasteiger partial charge in [-0.15, -0.1) is 11.6 Å². The number of alkyl halides is 1. The molecule has 0 heterocycles. The first-order valence-corrected chi connectivity index (χ1v) is 4.36. The molecule has 0 bridgehead atoms. The third kappa shape index (κ3) is 2.23. The van der Waals surface area contributed by atoms with Crippen LogP contribution in [0.25, 0.3) is 0 Å². The van der Waals surface area contributed by atoms with E-state index in [1.807, 2.05) is 0 Å². The van der Waals surface area contributed by atoms with Gasteiger partial charge in [0.15, 0.2) is 5.78 Å². The molecule has 3 heteroatoms. The number of Topliss-reactive ketones (excluding diaryl/α,β-unsaturated/α-hetero) is 1. The van der Waals surface area contributed by atoms with Crippen molar-refractivity contribution in [1.82, 2.24) is 0 Å². The minimum absolute atomic E-state index is 0.0980. The number of ketones is 1. The molecule has 1 rings (SSSR count). The van der Waals surface area contributed by atoms with Gasteiger partial charge in [0.05, 0.1) is 5.38 Å². The van der Waals surface area contributed by atoms with Gasteiger partial charge in [-0.25, -0.2) is 0 Å². The van der Waals surface area contributed by atoms with Crippen LogP contribution in [0.2, 0.25) is 5.02 Å². The summed E-state index contributed by atoms with van der Waals surface area (Å²) < 4.78 is 0. The summed E-state index contributed by atoms with van der Waals surface area (Å²) in [5.74, 6) is -0.0980. The molecule has 1 aromatic rings.